The van der Waals surface area contributed by atoms with Gasteiger partial charge in [0.25, 0.3) is 0 Å². The molecule has 4 rings (SSSR count). The van der Waals surface area contributed by atoms with Gasteiger partial charge in [0, 0.05) is 25.3 Å². The van der Waals surface area contributed by atoms with Gasteiger partial charge in [-0.05, 0) is 53.7 Å². The van der Waals surface area contributed by atoms with Crippen molar-refractivity contribution in [2.75, 3.05) is 25.6 Å². The Morgan fingerprint density at radius 1 is 1.24 bits per heavy atom. The fraction of sp³-hybridized carbons (Fsp3) is 0.609. The van der Waals surface area contributed by atoms with Crippen LogP contribution in [0.2, 0.25) is 0 Å². The lowest BCUT2D eigenvalue weighted by atomic mass is 9.85. The number of tetrazole rings is 1. The molecule has 4 N–H and O–H groups in total. The zero-order chi connectivity index (χ0) is 23.5. The Labute approximate surface area is 194 Å². The molecule has 2 aliphatic rings. The first-order chi connectivity index (χ1) is 16.1. The van der Waals surface area contributed by atoms with E-state index in [0.29, 0.717) is 18.6 Å². The van der Waals surface area contributed by atoms with E-state index in [1.165, 1.54) is 41.5 Å². The second-order valence-electron chi connectivity index (χ2n) is 8.72. The molecule has 2 aromatic rings. The van der Waals surface area contributed by atoms with Gasteiger partial charge < -0.3 is 21.1 Å². The summed E-state index contributed by atoms with van der Waals surface area (Å²) < 4.78 is 6.65. The molecule has 0 bridgehead atoms. The number of methoxy groups -OCH3 is 1. The number of nitrogens with zero attached hydrogens (tertiary/aromatic N) is 4. The highest BCUT2D eigenvalue weighted by atomic mass is 16.5. The van der Waals surface area contributed by atoms with Gasteiger partial charge in [-0.15, -0.1) is 5.10 Å². The number of rotatable bonds is 8. The van der Waals surface area contributed by atoms with Crippen molar-refractivity contribution < 1.29 is 14.3 Å². The largest absolute Gasteiger partial charge is 0.383 e. The Bertz CT molecular complexity index is 869. The molecule has 1 aliphatic carbocycles. The zero-order valence-corrected chi connectivity index (χ0v) is 19.3. The van der Waals surface area contributed by atoms with Gasteiger partial charge in [0.2, 0.25) is 11.8 Å². The highest BCUT2D eigenvalue weighted by molar-refractivity contribution is 5.78. The summed E-state index contributed by atoms with van der Waals surface area (Å²) in [7, 11) is 1.75. The van der Waals surface area contributed by atoms with Crippen LogP contribution in [0.1, 0.15) is 44.1 Å². The summed E-state index contributed by atoms with van der Waals surface area (Å²) in [6, 6.07) is 8.81. The number of hydrogen-bond acceptors (Lipinski definition) is 7. The number of nitrogens with one attached hydrogen (secondary N) is 2. The Hall–Kier alpha value is -3.01. The molecule has 180 valence electrons. The predicted octanol–water partition coefficient (Wildman–Crippen LogP) is 1.53. The maximum Gasteiger partial charge on any atom is 0.239 e. The lowest BCUT2D eigenvalue weighted by Gasteiger charge is -2.34. The van der Waals surface area contributed by atoms with E-state index in [2.05, 4.69) is 50.4 Å². The van der Waals surface area contributed by atoms with Crippen LogP contribution in [0, 0.1) is 11.8 Å². The van der Waals surface area contributed by atoms with Crippen molar-refractivity contribution in [3.63, 3.8) is 0 Å². The van der Waals surface area contributed by atoms with Gasteiger partial charge in [0.05, 0.1) is 12.6 Å². The summed E-state index contributed by atoms with van der Waals surface area (Å²) in [6.45, 7) is 1.51. The number of anilines is 1. The second-order valence-corrected chi connectivity index (χ2v) is 8.72. The molecule has 0 radical (unpaired) electrons. The van der Waals surface area contributed by atoms with Gasteiger partial charge in [-0.1, -0.05) is 37.5 Å². The Morgan fingerprint density at radius 2 is 2.03 bits per heavy atom. The lowest BCUT2D eigenvalue weighted by molar-refractivity contribution is -0.126. The molecule has 0 unspecified atom stereocenters. The number of nitrogens with two attached hydrogens (primary N) is 1. The summed E-state index contributed by atoms with van der Waals surface area (Å²) in [4.78, 5) is 22.5. The fourth-order valence-electron chi connectivity index (χ4n) is 4.54. The van der Waals surface area contributed by atoms with E-state index in [1.807, 2.05) is 0 Å². The quantitative estimate of drug-likeness (QED) is 0.547. The van der Waals surface area contributed by atoms with Crippen LogP contribution in [0.5, 0.6) is 0 Å². The number of ether oxygens (including phenoxy) is 1. The van der Waals surface area contributed by atoms with Crippen molar-refractivity contribution >= 4 is 17.5 Å². The summed E-state index contributed by atoms with van der Waals surface area (Å²) in [5.74, 6) is 0.551. The highest BCUT2D eigenvalue weighted by Crippen LogP contribution is 2.30. The van der Waals surface area contributed by atoms with Crippen molar-refractivity contribution in [2.24, 2.45) is 17.6 Å². The van der Waals surface area contributed by atoms with E-state index in [1.54, 1.807) is 7.11 Å². The number of benzene rings is 1. The number of aromatic nitrogens is 4. The Kier molecular flexibility index (Phi) is 9.61. The number of hydrogen-bond donors (Lipinski definition) is 3. The average molecular weight is 458 g/mol. The highest BCUT2D eigenvalue weighted by Gasteiger charge is 2.28. The molecule has 1 saturated carbocycles. The maximum atomic E-state index is 12.3. The minimum Gasteiger partial charge on any atom is -0.383 e. The average Bonchev–Trinajstić information content (AvgIpc) is 3.33. The summed E-state index contributed by atoms with van der Waals surface area (Å²) in [5.41, 5.74) is 7.42. The standard InChI is InChI=1S/C20H30N2O2.C3H5N5O/c1-24-14-19-17(13-16-9-5-6-10-18(16)22-19)11-12-21-20(23)15-7-3-2-4-8-15;4-3(9)1-8-2-5-6-7-8/h5-6,9-10,15,17,19,22H,2-4,7-8,11-14H2,1H3,(H,21,23);2H,1H2,(H2,4,9)/t17-,19-;/m0./s1. The Morgan fingerprint density at radius 3 is 2.73 bits per heavy atom. The van der Waals surface area contributed by atoms with Crippen molar-refractivity contribution in [2.45, 2.75) is 57.5 Å². The minimum absolute atomic E-state index is 0.0347. The van der Waals surface area contributed by atoms with E-state index in [-0.39, 0.29) is 18.4 Å². The molecule has 1 fully saturated rings. The summed E-state index contributed by atoms with van der Waals surface area (Å²) in [6.07, 6.45) is 9.20. The topological polar surface area (TPSA) is 137 Å². The van der Waals surface area contributed by atoms with Gasteiger partial charge in [-0.25, -0.2) is 4.68 Å². The van der Waals surface area contributed by atoms with Gasteiger partial charge >= 0.3 is 0 Å². The molecular formula is C23H35N7O3. The fourth-order valence-corrected chi connectivity index (χ4v) is 4.54. The molecular weight excluding hydrogens is 422 g/mol. The van der Waals surface area contributed by atoms with Gasteiger partial charge in [-0.2, -0.15) is 0 Å². The predicted molar refractivity (Wildman–Crippen MR) is 124 cm³/mol. The molecule has 0 saturated heterocycles. The van der Waals surface area contributed by atoms with Crippen LogP contribution in [0.4, 0.5) is 5.69 Å². The maximum absolute atomic E-state index is 12.3. The number of primary amides is 1. The number of carbonyl (C=O) groups is 2. The van der Waals surface area contributed by atoms with Crippen molar-refractivity contribution in [3.8, 4) is 0 Å². The van der Waals surface area contributed by atoms with E-state index in [9.17, 15) is 9.59 Å². The molecule has 1 aromatic carbocycles. The number of fused-ring (bicyclic) bond motifs is 1. The molecule has 1 aliphatic heterocycles. The van der Waals surface area contributed by atoms with Crippen molar-refractivity contribution in [3.05, 3.63) is 36.2 Å². The molecule has 2 heterocycles. The summed E-state index contributed by atoms with van der Waals surface area (Å²) >= 11 is 0. The van der Waals surface area contributed by atoms with Gasteiger partial charge in [-0.3, -0.25) is 9.59 Å². The van der Waals surface area contributed by atoms with Crippen LogP contribution in [-0.4, -0.2) is 58.3 Å². The first-order valence-electron chi connectivity index (χ1n) is 11.7. The van der Waals surface area contributed by atoms with Crippen molar-refractivity contribution in [1.82, 2.24) is 25.5 Å². The van der Waals surface area contributed by atoms with E-state index in [4.69, 9.17) is 10.5 Å². The third kappa shape index (κ3) is 7.81. The second kappa shape index (κ2) is 12.9. The first-order valence-corrected chi connectivity index (χ1v) is 11.7. The molecule has 33 heavy (non-hydrogen) atoms. The molecule has 2 amide bonds. The van der Waals surface area contributed by atoms with Crippen LogP contribution in [0.15, 0.2) is 30.6 Å². The number of carbonyl (C=O) groups excluding carboxylic acids is 2. The molecule has 1 aromatic heterocycles. The first kappa shape index (κ1) is 24.6. The SMILES string of the molecule is COC[C@@H]1Nc2ccccc2C[C@@H]1CCNC(=O)C1CCCCC1.NC(=O)Cn1cnnn1. The summed E-state index contributed by atoms with van der Waals surface area (Å²) in [5, 5.41) is 16.8. The zero-order valence-electron chi connectivity index (χ0n) is 19.3. The van der Waals surface area contributed by atoms with E-state index >= 15 is 0 Å². The van der Waals surface area contributed by atoms with Crippen LogP contribution in [0.25, 0.3) is 0 Å². The minimum atomic E-state index is -0.456. The van der Waals surface area contributed by atoms with Crippen LogP contribution in [-0.2, 0) is 27.3 Å². The molecule has 0 spiro atoms. The van der Waals surface area contributed by atoms with Crippen LogP contribution >= 0.6 is 0 Å². The number of para-hydroxylation sites is 1. The number of amides is 2. The monoisotopic (exact) mass is 457 g/mol. The van der Waals surface area contributed by atoms with E-state index < -0.39 is 5.91 Å². The third-order valence-corrected chi connectivity index (χ3v) is 6.26. The van der Waals surface area contributed by atoms with Crippen molar-refractivity contribution in [1.29, 1.82) is 0 Å². The smallest absolute Gasteiger partial charge is 0.239 e. The normalized spacial score (nSPS) is 20.0. The lowest BCUT2D eigenvalue weighted by Crippen LogP contribution is -2.41. The molecule has 10 nitrogen and oxygen atoms in total. The van der Waals surface area contributed by atoms with Crippen LogP contribution in [0.3, 0.4) is 0 Å². The third-order valence-electron chi connectivity index (χ3n) is 6.26. The van der Waals surface area contributed by atoms with Gasteiger partial charge in [0.15, 0.2) is 0 Å². The molecule has 10 heteroatoms. The van der Waals surface area contributed by atoms with Gasteiger partial charge in [0.1, 0.15) is 12.9 Å². The van der Waals surface area contributed by atoms with Crippen LogP contribution < -0.4 is 16.4 Å². The Balaban J connectivity index is 0.000000286. The molecule has 2 atom stereocenters. The van der Waals surface area contributed by atoms with E-state index in [0.717, 1.165) is 32.2 Å².